The first-order valence-electron chi connectivity index (χ1n) is 8.63. The van der Waals surface area contributed by atoms with Gasteiger partial charge in [-0.2, -0.15) is 0 Å². The smallest absolute Gasteiger partial charge is 0.326 e. The first-order valence-corrected chi connectivity index (χ1v) is 8.63. The van der Waals surface area contributed by atoms with Gasteiger partial charge in [-0.25, -0.2) is 4.79 Å². The zero-order valence-electron chi connectivity index (χ0n) is 13.5. The number of rotatable bonds is 3. The summed E-state index contributed by atoms with van der Waals surface area (Å²) in [5.74, 6) is -0.405. The summed E-state index contributed by atoms with van der Waals surface area (Å²) in [7, 11) is 0. The number of fused-ring (bicyclic) bond motifs is 2. The Hall–Kier alpha value is -2.36. The molecule has 0 bridgehead atoms. The van der Waals surface area contributed by atoms with E-state index in [4.69, 9.17) is 0 Å². The van der Waals surface area contributed by atoms with Crippen molar-refractivity contribution in [2.75, 3.05) is 6.54 Å². The second-order valence-corrected chi connectivity index (χ2v) is 7.04. The molecule has 24 heavy (non-hydrogen) atoms. The van der Waals surface area contributed by atoms with Gasteiger partial charge in [-0.15, -0.1) is 0 Å². The molecule has 1 aliphatic heterocycles. The molecule has 4 nitrogen and oxygen atoms in total. The lowest BCUT2D eigenvalue weighted by atomic mass is 9.94. The Bertz CT molecular complexity index is 800. The molecular weight excluding hydrogens is 302 g/mol. The Balaban J connectivity index is 1.55. The van der Waals surface area contributed by atoms with Crippen LogP contribution in [0.3, 0.4) is 0 Å². The Morgan fingerprint density at radius 2 is 1.88 bits per heavy atom. The maximum absolute atomic E-state index is 12.8. The average molecular weight is 323 g/mol. The normalized spacial score (nSPS) is 25.8. The summed E-state index contributed by atoms with van der Waals surface area (Å²) in [5.41, 5.74) is 0.944. The van der Waals surface area contributed by atoms with Crippen molar-refractivity contribution >= 4 is 22.6 Å². The van der Waals surface area contributed by atoms with Gasteiger partial charge in [-0.3, -0.25) is 4.79 Å². The van der Waals surface area contributed by atoms with Gasteiger partial charge in [0.2, 0.25) is 5.91 Å². The van der Waals surface area contributed by atoms with Crippen LogP contribution in [0.4, 0.5) is 0 Å². The first-order chi connectivity index (χ1) is 11.6. The quantitative estimate of drug-likeness (QED) is 0.944. The van der Waals surface area contributed by atoms with E-state index >= 15 is 0 Å². The molecule has 1 saturated heterocycles. The molecule has 0 radical (unpaired) electrons. The highest BCUT2D eigenvalue weighted by molar-refractivity contribution is 5.88. The van der Waals surface area contributed by atoms with Crippen LogP contribution in [0.2, 0.25) is 0 Å². The van der Waals surface area contributed by atoms with E-state index in [1.807, 2.05) is 42.5 Å². The van der Waals surface area contributed by atoms with Gasteiger partial charge in [0.15, 0.2) is 0 Å². The van der Waals surface area contributed by atoms with E-state index in [9.17, 15) is 14.7 Å². The molecule has 1 saturated carbocycles. The molecule has 3 atom stereocenters. The van der Waals surface area contributed by atoms with Gasteiger partial charge in [-0.1, -0.05) is 48.9 Å². The van der Waals surface area contributed by atoms with E-state index in [1.54, 1.807) is 4.90 Å². The van der Waals surface area contributed by atoms with Crippen molar-refractivity contribution in [3.63, 3.8) is 0 Å². The summed E-state index contributed by atoms with van der Waals surface area (Å²) < 4.78 is 0. The number of hydrogen-bond acceptors (Lipinski definition) is 2. The Labute approximate surface area is 141 Å². The number of amides is 1. The lowest BCUT2D eigenvalue weighted by Gasteiger charge is -2.24. The molecule has 3 unspecified atom stereocenters. The highest BCUT2D eigenvalue weighted by atomic mass is 16.4. The minimum atomic E-state index is -0.851. The molecule has 1 N–H and O–H groups in total. The molecule has 2 aromatic rings. The van der Waals surface area contributed by atoms with Crippen LogP contribution in [-0.2, 0) is 16.0 Å². The van der Waals surface area contributed by atoms with Gasteiger partial charge in [0.05, 0.1) is 6.42 Å². The minimum absolute atomic E-state index is 0.0629. The summed E-state index contributed by atoms with van der Waals surface area (Å²) in [6.45, 7) is 0.605. The van der Waals surface area contributed by atoms with Gasteiger partial charge in [0.1, 0.15) is 6.04 Å². The molecule has 1 aliphatic carbocycles. The molecule has 4 heteroatoms. The van der Waals surface area contributed by atoms with E-state index < -0.39 is 12.0 Å². The second kappa shape index (κ2) is 5.93. The molecule has 1 amide bonds. The molecule has 1 heterocycles. The van der Waals surface area contributed by atoms with Crippen molar-refractivity contribution in [2.45, 2.75) is 31.7 Å². The molecular formula is C20H21NO3. The van der Waals surface area contributed by atoms with Gasteiger partial charge >= 0.3 is 5.97 Å². The highest BCUT2D eigenvalue weighted by Gasteiger charge is 2.49. The molecule has 2 aromatic carbocycles. The van der Waals surface area contributed by atoms with Crippen LogP contribution in [0.1, 0.15) is 24.8 Å². The Morgan fingerprint density at radius 3 is 2.67 bits per heavy atom. The fourth-order valence-electron chi connectivity index (χ4n) is 4.50. The molecule has 2 aliphatic rings. The van der Waals surface area contributed by atoms with Crippen LogP contribution in [0.15, 0.2) is 42.5 Å². The van der Waals surface area contributed by atoms with Crippen molar-refractivity contribution in [1.82, 2.24) is 4.90 Å². The number of hydrogen-bond donors (Lipinski definition) is 1. The van der Waals surface area contributed by atoms with Crippen LogP contribution in [0.25, 0.3) is 10.8 Å². The van der Waals surface area contributed by atoms with E-state index in [2.05, 4.69) is 0 Å². The summed E-state index contributed by atoms with van der Waals surface area (Å²) in [6, 6.07) is 13.4. The van der Waals surface area contributed by atoms with Crippen molar-refractivity contribution in [1.29, 1.82) is 0 Å². The molecule has 124 valence electrons. The SMILES string of the molecule is O=C(O)C1C2CCCC2CN1C(=O)Cc1ccc2ccccc2c1. The van der Waals surface area contributed by atoms with Crippen LogP contribution in [0, 0.1) is 11.8 Å². The number of carbonyl (C=O) groups is 2. The van der Waals surface area contributed by atoms with Crippen LogP contribution < -0.4 is 0 Å². The lowest BCUT2D eigenvalue weighted by molar-refractivity contribution is -0.149. The van der Waals surface area contributed by atoms with Crippen LogP contribution in [-0.4, -0.2) is 34.5 Å². The third-order valence-corrected chi connectivity index (χ3v) is 5.63. The van der Waals surface area contributed by atoms with Crippen molar-refractivity contribution in [3.05, 3.63) is 48.0 Å². The summed E-state index contributed by atoms with van der Waals surface area (Å²) in [6.07, 6.45) is 3.34. The fourth-order valence-corrected chi connectivity index (χ4v) is 4.50. The monoisotopic (exact) mass is 323 g/mol. The average Bonchev–Trinajstić information content (AvgIpc) is 3.15. The fraction of sp³-hybridized carbons (Fsp3) is 0.400. The highest BCUT2D eigenvalue weighted by Crippen LogP contribution is 2.42. The Morgan fingerprint density at radius 1 is 1.08 bits per heavy atom. The molecule has 2 fully saturated rings. The summed E-state index contributed by atoms with van der Waals surface area (Å²) in [4.78, 5) is 26.1. The third kappa shape index (κ3) is 2.56. The number of carboxylic acids is 1. The zero-order chi connectivity index (χ0) is 16.7. The van der Waals surface area contributed by atoms with Crippen LogP contribution >= 0.6 is 0 Å². The molecule has 0 spiro atoms. The van der Waals surface area contributed by atoms with E-state index in [-0.39, 0.29) is 18.2 Å². The maximum Gasteiger partial charge on any atom is 0.326 e. The summed E-state index contributed by atoms with van der Waals surface area (Å²) in [5, 5.41) is 11.8. The number of likely N-dealkylation sites (tertiary alicyclic amines) is 1. The number of nitrogens with zero attached hydrogens (tertiary/aromatic N) is 1. The van der Waals surface area contributed by atoms with Gasteiger partial charge in [-0.05, 0) is 41.0 Å². The third-order valence-electron chi connectivity index (χ3n) is 5.63. The summed E-state index contributed by atoms with van der Waals surface area (Å²) >= 11 is 0. The van der Waals surface area contributed by atoms with Gasteiger partial charge < -0.3 is 10.0 Å². The predicted molar refractivity (Wildman–Crippen MR) is 91.6 cm³/mol. The zero-order valence-corrected chi connectivity index (χ0v) is 13.5. The van der Waals surface area contributed by atoms with Crippen LogP contribution in [0.5, 0.6) is 0 Å². The van der Waals surface area contributed by atoms with E-state index in [0.717, 1.165) is 35.6 Å². The van der Waals surface area contributed by atoms with Gasteiger partial charge in [0, 0.05) is 6.54 Å². The number of aliphatic carboxylic acids is 1. The minimum Gasteiger partial charge on any atom is -0.480 e. The maximum atomic E-state index is 12.8. The number of benzene rings is 2. The Kier molecular flexibility index (Phi) is 3.75. The predicted octanol–water partition coefficient (Wildman–Crippen LogP) is 3.09. The largest absolute Gasteiger partial charge is 0.480 e. The van der Waals surface area contributed by atoms with Gasteiger partial charge in [0.25, 0.3) is 0 Å². The number of carboxylic acid groups (broad SMARTS) is 1. The van der Waals surface area contributed by atoms with Crippen molar-refractivity contribution < 1.29 is 14.7 Å². The van der Waals surface area contributed by atoms with Crippen molar-refractivity contribution in [2.24, 2.45) is 11.8 Å². The molecule has 4 rings (SSSR count). The van der Waals surface area contributed by atoms with E-state index in [1.165, 1.54) is 0 Å². The van der Waals surface area contributed by atoms with Crippen molar-refractivity contribution in [3.8, 4) is 0 Å². The second-order valence-electron chi connectivity index (χ2n) is 7.04. The topological polar surface area (TPSA) is 57.6 Å². The molecule has 0 aromatic heterocycles. The standard InChI is InChI=1S/C20H21NO3/c22-18(11-13-8-9-14-4-1-2-5-15(14)10-13)21-12-16-6-3-7-17(16)19(21)20(23)24/h1-2,4-5,8-10,16-17,19H,3,6-7,11-12H2,(H,23,24). The van der Waals surface area contributed by atoms with E-state index in [0.29, 0.717) is 12.5 Å². The number of carbonyl (C=O) groups excluding carboxylic acids is 1. The first kappa shape index (κ1) is 15.2. The lowest BCUT2D eigenvalue weighted by Crippen LogP contribution is -2.43.